The third kappa shape index (κ3) is 4.24. The second-order valence-electron chi connectivity index (χ2n) is 6.27. The molecule has 126 valence electrons. The molecule has 0 saturated carbocycles. The van der Waals surface area contributed by atoms with Crippen LogP contribution in [0.5, 0.6) is 5.75 Å². The lowest BCUT2D eigenvalue weighted by Crippen LogP contribution is -2.43. The van der Waals surface area contributed by atoms with E-state index in [1.807, 2.05) is 18.7 Å². The van der Waals surface area contributed by atoms with Crippen LogP contribution in [0.1, 0.15) is 67.2 Å². The largest absolute Gasteiger partial charge is 0.491 e. The van der Waals surface area contributed by atoms with Crippen LogP contribution in [-0.4, -0.2) is 40.6 Å². The van der Waals surface area contributed by atoms with Gasteiger partial charge in [-0.05, 0) is 57.7 Å². The summed E-state index contributed by atoms with van der Waals surface area (Å²) in [6, 6.07) is 4.79. The minimum atomic E-state index is -1.06. The van der Waals surface area contributed by atoms with Crippen LogP contribution in [0, 0.1) is 0 Å². The highest BCUT2D eigenvalue weighted by atomic mass is 16.5. The molecule has 1 amide bonds. The number of carbonyl (C=O) groups excluding carboxylic acids is 1. The highest BCUT2D eigenvalue weighted by Gasteiger charge is 2.27. The van der Waals surface area contributed by atoms with Crippen LogP contribution in [0.2, 0.25) is 0 Å². The van der Waals surface area contributed by atoms with Gasteiger partial charge in [-0.2, -0.15) is 0 Å². The number of carboxylic acid groups (broad SMARTS) is 1. The van der Waals surface area contributed by atoms with E-state index < -0.39 is 5.97 Å². The highest BCUT2D eigenvalue weighted by molar-refractivity contribution is 5.98. The second kappa shape index (κ2) is 7.49. The Morgan fingerprint density at radius 1 is 1.26 bits per heavy atom. The van der Waals surface area contributed by atoms with E-state index in [4.69, 9.17) is 4.74 Å². The van der Waals surface area contributed by atoms with Crippen LogP contribution < -0.4 is 4.74 Å². The lowest BCUT2D eigenvalue weighted by atomic mass is 9.98. The molecule has 0 spiro atoms. The number of carbonyl (C=O) groups is 2. The summed E-state index contributed by atoms with van der Waals surface area (Å²) in [5.74, 6) is -0.736. The Morgan fingerprint density at radius 3 is 2.57 bits per heavy atom. The van der Waals surface area contributed by atoms with Crippen molar-refractivity contribution < 1.29 is 19.4 Å². The Bertz CT molecular complexity index is 582. The normalized spacial score (nSPS) is 18.1. The molecule has 1 saturated heterocycles. The SMILES string of the molecule is CCC1CCCCN1C(=O)c1cc(OC(C)C)cc(C(=O)O)c1. The standard InChI is InChI=1S/C18H25NO4/c1-4-15-7-5-6-8-19(15)17(20)13-9-14(18(21)22)11-16(10-13)23-12(2)3/h9-12,15H,4-8H2,1-3H3,(H,21,22). The summed E-state index contributed by atoms with van der Waals surface area (Å²) >= 11 is 0. The van der Waals surface area contributed by atoms with Crippen LogP contribution in [0.4, 0.5) is 0 Å². The zero-order valence-corrected chi connectivity index (χ0v) is 14.0. The molecule has 1 atom stereocenters. The lowest BCUT2D eigenvalue weighted by molar-refractivity contribution is 0.0607. The predicted octanol–water partition coefficient (Wildman–Crippen LogP) is 3.58. The first-order valence-corrected chi connectivity index (χ1v) is 8.28. The summed E-state index contributed by atoms with van der Waals surface area (Å²) in [4.78, 5) is 26.1. The van der Waals surface area contributed by atoms with E-state index in [1.54, 1.807) is 6.07 Å². The van der Waals surface area contributed by atoms with Crippen LogP contribution in [-0.2, 0) is 0 Å². The van der Waals surface area contributed by atoms with E-state index in [1.165, 1.54) is 12.1 Å². The van der Waals surface area contributed by atoms with E-state index in [0.29, 0.717) is 11.3 Å². The van der Waals surface area contributed by atoms with Gasteiger partial charge in [0.05, 0.1) is 11.7 Å². The maximum Gasteiger partial charge on any atom is 0.335 e. The molecule has 1 aromatic carbocycles. The van der Waals surface area contributed by atoms with E-state index in [2.05, 4.69) is 6.92 Å². The first kappa shape index (κ1) is 17.3. The molecule has 0 radical (unpaired) electrons. The minimum absolute atomic E-state index is 0.0801. The molecule has 5 nitrogen and oxygen atoms in total. The molecule has 1 heterocycles. The number of amides is 1. The van der Waals surface area contributed by atoms with E-state index in [0.717, 1.165) is 32.2 Å². The zero-order valence-electron chi connectivity index (χ0n) is 14.0. The molecule has 1 aromatic rings. The van der Waals surface area contributed by atoms with Crippen molar-refractivity contribution >= 4 is 11.9 Å². The summed E-state index contributed by atoms with van der Waals surface area (Å²) < 4.78 is 5.60. The summed E-state index contributed by atoms with van der Waals surface area (Å²) in [6.07, 6.45) is 3.98. The van der Waals surface area contributed by atoms with Crippen LogP contribution >= 0.6 is 0 Å². The fourth-order valence-electron chi connectivity index (χ4n) is 3.04. The Morgan fingerprint density at radius 2 is 1.96 bits per heavy atom. The highest BCUT2D eigenvalue weighted by Crippen LogP contribution is 2.25. The van der Waals surface area contributed by atoms with Gasteiger partial charge in [0.25, 0.3) is 5.91 Å². The van der Waals surface area contributed by atoms with Crippen LogP contribution in [0.3, 0.4) is 0 Å². The number of nitrogens with zero attached hydrogens (tertiary/aromatic N) is 1. The van der Waals surface area contributed by atoms with Gasteiger partial charge in [-0.3, -0.25) is 4.79 Å². The first-order chi connectivity index (χ1) is 10.9. The number of benzene rings is 1. The maximum atomic E-state index is 12.9. The Labute approximate surface area is 137 Å². The summed E-state index contributed by atoms with van der Waals surface area (Å²) in [6.45, 7) is 6.55. The van der Waals surface area contributed by atoms with Crippen molar-refractivity contribution in [2.75, 3.05) is 6.54 Å². The molecule has 0 bridgehead atoms. The molecular weight excluding hydrogens is 294 g/mol. The molecule has 0 aromatic heterocycles. The Balaban J connectivity index is 2.34. The minimum Gasteiger partial charge on any atom is -0.491 e. The number of aromatic carboxylic acids is 1. The van der Waals surface area contributed by atoms with Crippen molar-refractivity contribution in [1.29, 1.82) is 0 Å². The molecule has 1 fully saturated rings. The van der Waals surface area contributed by atoms with Crippen LogP contribution in [0.25, 0.3) is 0 Å². The van der Waals surface area contributed by atoms with E-state index >= 15 is 0 Å². The summed E-state index contributed by atoms with van der Waals surface area (Å²) in [7, 11) is 0. The molecule has 1 aliphatic heterocycles. The van der Waals surface area contributed by atoms with Gasteiger partial charge in [0.2, 0.25) is 0 Å². The van der Waals surface area contributed by atoms with Gasteiger partial charge < -0.3 is 14.7 Å². The number of hydrogen-bond acceptors (Lipinski definition) is 3. The van der Waals surface area contributed by atoms with Gasteiger partial charge >= 0.3 is 5.97 Å². The van der Waals surface area contributed by atoms with Gasteiger partial charge in [0, 0.05) is 18.2 Å². The van der Waals surface area contributed by atoms with E-state index in [-0.39, 0.29) is 23.6 Å². The van der Waals surface area contributed by atoms with Crippen LogP contribution in [0.15, 0.2) is 18.2 Å². The number of ether oxygens (including phenoxy) is 1. The van der Waals surface area contributed by atoms with Crippen molar-refractivity contribution in [2.45, 2.75) is 58.6 Å². The fourth-order valence-corrected chi connectivity index (χ4v) is 3.04. The molecule has 23 heavy (non-hydrogen) atoms. The number of hydrogen-bond donors (Lipinski definition) is 1. The van der Waals surface area contributed by atoms with Gasteiger partial charge in [-0.1, -0.05) is 6.92 Å². The third-order valence-corrected chi connectivity index (χ3v) is 4.13. The van der Waals surface area contributed by atoms with Crippen molar-refractivity contribution in [2.24, 2.45) is 0 Å². The molecule has 1 unspecified atom stereocenters. The topological polar surface area (TPSA) is 66.8 Å². The Kier molecular flexibility index (Phi) is 5.64. The smallest absolute Gasteiger partial charge is 0.335 e. The fraction of sp³-hybridized carbons (Fsp3) is 0.556. The molecule has 1 aliphatic rings. The maximum absolute atomic E-state index is 12.9. The predicted molar refractivity (Wildman–Crippen MR) is 88.1 cm³/mol. The Hall–Kier alpha value is -2.04. The molecular formula is C18H25NO4. The molecule has 0 aliphatic carbocycles. The third-order valence-electron chi connectivity index (χ3n) is 4.13. The van der Waals surface area contributed by atoms with Gasteiger partial charge in [-0.15, -0.1) is 0 Å². The zero-order chi connectivity index (χ0) is 17.0. The molecule has 1 N–H and O–H groups in total. The quantitative estimate of drug-likeness (QED) is 0.901. The van der Waals surface area contributed by atoms with Crippen molar-refractivity contribution in [3.8, 4) is 5.75 Å². The average molecular weight is 319 g/mol. The lowest BCUT2D eigenvalue weighted by Gasteiger charge is -2.35. The van der Waals surface area contributed by atoms with E-state index in [9.17, 15) is 14.7 Å². The van der Waals surface area contributed by atoms with Gasteiger partial charge in [-0.25, -0.2) is 4.79 Å². The van der Waals surface area contributed by atoms with Crippen molar-refractivity contribution in [3.05, 3.63) is 29.3 Å². The second-order valence-corrected chi connectivity index (χ2v) is 6.27. The average Bonchev–Trinajstić information content (AvgIpc) is 2.53. The summed E-state index contributed by atoms with van der Waals surface area (Å²) in [5.41, 5.74) is 0.470. The first-order valence-electron chi connectivity index (χ1n) is 8.28. The molecule has 2 rings (SSSR count). The van der Waals surface area contributed by atoms with Gasteiger partial charge in [0.15, 0.2) is 0 Å². The molecule has 5 heteroatoms. The summed E-state index contributed by atoms with van der Waals surface area (Å²) in [5, 5.41) is 9.28. The monoisotopic (exact) mass is 319 g/mol. The number of piperidine rings is 1. The number of carboxylic acids is 1. The van der Waals surface area contributed by atoms with Gasteiger partial charge in [0.1, 0.15) is 5.75 Å². The number of rotatable bonds is 5. The number of likely N-dealkylation sites (tertiary alicyclic amines) is 1. The van der Waals surface area contributed by atoms with Crippen molar-refractivity contribution in [1.82, 2.24) is 4.90 Å². The van der Waals surface area contributed by atoms with Crippen molar-refractivity contribution in [3.63, 3.8) is 0 Å².